The van der Waals surface area contributed by atoms with Crippen molar-refractivity contribution >= 4 is 168 Å². The summed E-state index contributed by atoms with van der Waals surface area (Å²) in [6, 6.07) is 168. The van der Waals surface area contributed by atoms with Crippen molar-refractivity contribution in [1.29, 1.82) is 0 Å². The van der Waals surface area contributed by atoms with E-state index in [1.54, 1.807) is 45.3 Å². The third-order valence-corrected chi connectivity index (χ3v) is 36.6. The first-order chi connectivity index (χ1) is 71.4. The van der Waals surface area contributed by atoms with Crippen molar-refractivity contribution in [3.63, 3.8) is 0 Å². The fourth-order valence-corrected chi connectivity index (χ4v) is 26.5. The molecule has 0 saturated carbocycles. The van der Waals surface area contributed by atoms with Crippen LogP contribution >= 0.6 is 125 Å². The minimum atomic E-state index is 1.26. The van der Waals surface area contributed by atoms with E-state index in [1.165, 1.54) is 237 Å². The lowest BCUT2D eigenvalue weighted by Crippen LogP contribution is -1.81. The lowest BCUT2D eigenvalue weighted by molar-refractivity contribution is 1.47. The van der Waals surface area contributed by atoms with Gasteiger partial charge < -0.3 is 0 Å². The molecular formula is C135H108S11. The maximum atomic E-state index is 2.29. The van der Waals surface area contributed by atoms with E-state index in [0.29, 0.717) is 0 Å². The summed E-state index contributed by atoms with van der Waals surface area (Å²) in [5.74, 6) is 0. The highest BCUT2D eigenvalue weighted by molar-refractivity contribution is 7.24. The standard InChI is InChI=1S/C23H18.C19H14S2.C17H14S.C16H14S2.2C15H12S2.2C15H12S/c1-17-6-8-19(9-7-17)20-10-12-21(13-11-20)23-15-14-18-4-2-3-5-22(18)16-23;1-13-4-9-19(21-13)17-8-6-14-11-16(7-5-15(14)12-17)18-3-2-10-20-18;1-13-7-9-15(10-8-13)17-12-11-16(18-17)14-5-3-2-4-6-14;1-11-3-6-13(7-4-11)14-9-10-16(18-14)15-8-5-12(2)17-15;1-11-4-9-15(17-11)13-7-5-12(6-8-13)14-3-2-10-16-14;1-11-4-6-12(7-5-11)13-8-9-15(17-13)14-3-2-10-16-14;1-11-4-5-13-10-14(7-6-12(13)9-11)15-3-2-8-16-15;1-11-6-9-15(16-11)14-8-7-12-4-2-3-5-13(12)10-14/h2-16H,1H3;2-12H,1H3;2-12H,1H3;3-10H,1-2H3;2*2-10H,1H3;2*2-10H,1H3. The number of fused-ring (bicyclic) bond motifs is 4. The van der Waals surface area contributed by atoms with E-state index in [0.717, 1.165) is 0 Å². The number of hydrogen-bond donors (Lipinski definition) is 0. The van der Waals surface area contributed by atoms with Gasteiger partial charge in [-0.2, -0.15) is 0 Å². The zero-order valence-corrected chi connectivity index (χ0v) is 91.7. The topological polar surface area (TPSA) is 0 Å². The molecule has 15 aromatic carbocycles. The first-order valence-corrected chi connectivity index (χ1v) is 58.0. The summed E-state index contributed by atoms with van der Waals surface area (Å²) < 4.78 is 0. The molecule has 0 radical (unpaired) electrons. The second kappa shape index (κ2) is 48.8. The summed E-state index contributed by atoms with van der Waals surface area (Å²) in [4.78, 5) is 24.3. The molecule has 146 heavy (non-hydrogen) atoms. The van der Waals surface area contributed by atoms with Crippen LogP contribution in [0.5, 0.6) is 0 Å². The van der Waals surface area contributed by atoms with Gasteiger partial charge >= 0.3 is 0 Å². The second-order valence-electron chi connectivity index (χ2n) is 36.0. The highest BCUT2D eigenvalue weighted by Gasteiger charge is 2.14. The Bertz CT molecular complexity index is 8630. The average molecular weight is 2080 g/mol. The largest absolute Gasteiger partial charge is 0.144 e. The summed E-state index contributed by atoms with van der Waals surface area (Å²) in [6.07, 6.45) is 0. The smallest absolute Gasteiger partial charge is 0.0449 e. The fraction of sp³-hybridized carbons (Fsp3) is 0.0667. The minimum absolute atomic E-state index is 1.26. The van der Waals surface area contributed by atoms with Gasteiger partial charge in [-0.1, -0.05) is 355 Å². The van der Waals surface area contributed by atoms with Gasteiger partial charge in [0, 0.05) is 87.8 Å². The number of rotatable bonds is 14. The summed E-state index contributed by atoms with van der Waals surface area (Å²) in [6.45, 7) is 19.2. The van der Waals surface area contributed by atoms with E-state index >= 15 is 0 Å². The Morgan fingerprint density at radius 1 is 0.110 bits per heavy atom. The molecule has 0 aliphatic heterocycles. The first-order valence-electron chi connectivity index (χ1n) is 48.7. The first kappa shape index (κ1) is 101. The molecular weight excluding hydrogens is 1970 g/mol. The van der Waals surface area contributed by atoms with Crippen molar-refractivity contribution in [2.45, 2.75) is 62.3 Å². The molecule has 0 saturated heterocycles. The van der Waals surface area contributed by atoms with Crippen LogP contribution < -0.4 is 0 Å². The molecule has 0 aliphatic rings. The lowest BCUT2D eigenvalue weighted by atomic mass is 9.98. The van der Waals surface area contributed by atoms with E-state index < -0.39 is 0 Å². The van der Waals surface area contributed by atoms with Crippen LogP contribution in [-0.2, 0) is 0 Å². The Balaban J connectivity index is 0.000000106. The zero-order valence-electron chi connectivity index (χ0n) is 82.8. The predicted octanol–water partition coefficient (Wildman–Crippen LogP) is 44.9. The van der Waals surface area contributed by atoms with E-state index in [9.17, 15) is 0 Å². The molecule has 26 aromatic rings. The molecule has 11 heteroatoms. The zero-order chi connectivity index (χ0) is 100. The highest BCUT2D eigenvalue weighted by atomic mass is 32.1. The van der Waals surface area contributed by atoms with Gasteiger partial charge in [0.15, 0.2) is 0 Å². The Labute approximate surface area is 903 Å². The quantitative estimate of drug-likeness (QED) is 0.102. The Kier molecular flexibility index (Phi) is 33.7. The van der Waals surface area contributed by atoms with Gasteiger partial charge in [-0.05, 0) is 344 Å². The summed E-state index contributed by atoms with van der Waals surface area (Å²) in [5, 5.41) is 18.9. The second-order valence-corrected chi connectivity index (χ2v) is 48.2. The van der Waals surface area contributed by atoms with Crippen LogP contribution in [0.1, 0.15) is 47.3 Å². The molecule has 0 fully saturated rings. The van der Waals surface area contributed by atoms with Crippen molar-refractivity contribution in [1.82, 2.24) is 0 Å². The molecule has 0 bridgehead atoms. The van der Waals surface area contributed by atoms with Crippen molar-refractivity contribution in [2.24, 2.45) is 0 Å². The van der Waals surface area contributed by atoms with Gasteiger partial charge in [-0.15, -0.1) is 125 Å². The molecule has 0 nitrogen and oxygen atoms in total. The minimum Gasteiger partial charge on any atom is -0.144 e. The van der Waals surface area contributed by atoms with Crippen molar-refractivity contribution in [2.75, 3.05) is 0 Å². The fourth-order valence-electron chi connectivity index (χ4n) is 16.9. The third-order valence-electron chi connectivity index (χ3n) is 24.9. The SMILES string of the molecule is Cc1ccc(-c2ccc(-c3ccc(C)s3)s2)cc1.Cc1ccc(-c2ccc(-c3ccc4ccccc4c3)cc2)cc1.Cc1ccc(-c2ccc(-c3ccccc3)s2)cc1.Cc1ccc(-c2ccc(-c3cccs3)cc2)s1.Cc1ccc(-c2ccc(-c3cccs3)s2)cc1.Cc1ccc(-c2ccc3cc(-c4cccs4)ccc3c2)s1.Cc1ccc(-c2ccc3ccccc3c2)s1.Cc1ccc2cc(-c3cccs3)ccc2c1. The van der Waals surface area contributed by atoms with Crippen LogP contribution in [0.15, 0.2) is 489 Å². The van der Waals surface area contributed by atoms with E-state index in [1.807, 2.05) is 79.4 Å². The van der Waals surface area contributed by atoms with Gasteiger partial charge in [-0.3, -0.25) is 0 Å². The average Bonchev–Trinajstić information content (AvgIpc) is 1.58. The third kappa shape index (κ3) is 26.7. The van der Waals surface area contributed by atoms with Gasteiger partial charge in [0.05, 0.1) is 0 Å². The highest BCUT2D eigenvalue weighted by Crippen LogP contribution is 2.43. The van der Waals surface area contributed by atoms with E-state index in [4.69, 9.17) is 0 Å². The van der Waals surface area contributed by atoms with Gasteiger partial charge in [0.25, 0.3) is 0 Å². The molecule has 0 aliphatic carbocycles. The van der Waals surface area contributed by atoms with E-state index in [2.05, 4.69) is 551 Å². The molecule has 0 unspecified atom stereocenters. The number of aryl methyl sites for hydroxylation is 9. The predicted molar refractivity (Wildman–Crippen MR) is 657 cm³/mol. The van der Waals surface area contributed by atoms with Crippen LogP contribution in [-0.4, -0.2) is 0 Å². The van der Waals surface area contributed by atoms with Crippen LogP contribution in [0.4, 0.5) is 0 Å². The number of hydrogen-bond acceptors (Lipinski definition) is 11. The van der Waals surface area contributed by atoms with Crippen molar-refractivity contribution in [3.05, 3.63) is 536 Å². The van der Waals surface area contributed by atoms with E-state index in [-0.39, 0.29) is 0 Å². The summed E-state index contributed by atoms with van der Waals surface area (Å²) in [7, 11) is 0. The van der Waals surface area contributed by atoms with Crippen LogP contribution in [0, 0.1) is 62.3 Å². The number of thiophene rings is 11. The molecule has 714 valence electrons. The monoisotopic (exact) mass is 2080 g/mol. The molecule has 26 rings (SSSR count). The van der Waals surface area contributed by atoms with Crippen LogP contribution in [0.2, 0.25) is 0 Å². The molecule has 11 heterocycles. The summed E-state index contributed by atoms with van der Waals surface area (Å²) >= 11 is 20.1. The normalized spacial score (nSPS) is 10.8. The van der Waals surface area contributed by atoms with Crippen LogP contribution in [0.3, 0.4) is 0 Å². The molecule has 0 atom stereocenters. The van der Waals surface area contributed by atoms with Gasteiger partial charge in [0.1, 0.15) is 0 Å². The van der Waals surface area contributed by atoms with Gasteiger partial charge in [0.2, 0.25) is 0 Å². The lowest BCUT2D eigenvalue weighted by Gasteiger charge is -2.07. The Morgan fingerprint density at radius 3 is 0.678 bits per heavy atom. The summed E-state index contributed by atoms with van der Waals surface area (Å²) in [5.41, 5.74) is 24.6. The molecule has 0 amide bonds. The maximum absolute atomic E-state index is 2.29. The van der Waals surface area contributed by atoms with Crippen molar-refractivity contribution < 1.29 is 0 Å². The molecule has 0 spiro atoms. The Hall–Kier alpha value is -14.0. The molecule has 11 aromatic heterocycles. The van der Waals surface area contributed by atoms with Gasteiger partial charge in [-0.25, -0.2) is 0 Å². The van der Waals surface area contributed by atoms with Crippen molar-refractivity contribution in [3.8, 4) is 146 Å². The number of benzene rings is 15. The Morgan fingerprint density at radius 2 is 0.315 bits per heavy atom. The molecule has 0 N–H and O–H groups in total. The maximum Gasteiger partial charge on any atom is 0.0449 e. The van der Waals surface area contributed by atoms with Crippen LogP contribution in [0.25, 0.3) is 189 Å².